The molecule has 1 saturated heterocycles. The lowest BCUT2D eigenvalue weighted by atomic mass is 10.2. The second-order valence-electron chi connectivity index (χ2n) is 3.39. The molecule has 0 atom stereocenters. The number of benzene rings is 1. The maximum atomic E-state index is 5.28. The third kappa shape index (κ3) is 2.80. The van der Waals surface area contributed by atoms with E-state index in [0.29, 0.717) is 5.17 Å². The molecule has 15 heavy (non-hydrogen) atoms. The normalized spacial score (nSPS) is 16.8. The quantitative estimate of drug-likeness (QED) is 0.710. The van der Waals surface area contributed by atoms with Gasteiger partial charge >= 0.3 is 0 Å². The molecule has 0 unspecified atom stereocenters. The predicted molar refractivity (Wildman–Crippen MR) is 65.3 cm³/mol. The molecule has 1 aromatic rings. The fraction of sp³-hybridized carbons (Fsp3) is 0.250. The van der Waals surface area contributed by atoms with Crippen LogP contribution in [0.15, 0.2) is 36.5 Å². The number of hydrogen-bond acceptors (Lipinski definition) is 2. The fourth-order valence-corrected chi connectivity index (χ4v) is 1.68. The van der Waals surface area contributed by atoms with E-state index in [-0.39, 0.29) is 0 Å². The lowest BCUT2D eigenvalue weighted by Gasteiger charge is -2.25. The molecule has 0 N–H and O–H groups in total. The van der Waals surface area contributed by atoms with Gasteiger partial charge in [0.1, 0.15) is 0 Å². The van der Waals surface area contributed by atoms with Crippen molar-refractivity contribution in [2.75, 3.05) is 13.2 Å². The Morgan fingerprint density at radius 3 is 2.80 bits per heavy atom. The monoisotopic (exact) mass is 219 g/mol. The van der Waals surface area contributed by atoms with Crippen molar-refractivity contribution in [3.8, 4) is 0 Å². The molecule has 2 rings (SSSR count). The van der Waals surface area contributed by atoms with Gasteiger partial charge in [0.25, 0.3) is 5.17 Å². The van der Waals surface area contributed by atoms with Crippen molar-refractivity contribution in [3.63, 3.8) is 0 Å². The van der Waals surface area contributed by atoms with Crippen molar-refractivity contribution in [2.45, 2.75) is 6.42 Å². The summed E-state index contributed by atoms with van der Waals surface area (Å²) in [4.78, 5) is 1.96. The molecule has 0 aromatic heterocycles. The van der Waals surface area contributed by atoms with Crippen molar-refractivity contribution >= 4 is 23.5 Å². The van der Waals surface area contributed by atoms with Gasteiger partial charge in [0.2, 0.25) is 0 Å². The molecule has 1 aliphatic rings. The van der Waals surface area contributed by atoms with E-state index in [2.05, 4.69) is 12.1 Å². The summed E-state index contributed by atoms with van der Waals surface area (Å²) in [6, 6.07) is 10.2. The first-order valence-electron chi connectivity index (χ1n) is 5.03. The first-order valence-corrected chi connectivity index (χ1v) is 5.44. The molecule has 0 spiro atoms. The van der Waals surface area contributed by atoms with Gasteiger partial charge in [0.05, 0.1) is 6.61 Å². The zero-order valence-corrected chi connectivity index (χ0v) is 9.24. The molecule has 1 aromatic carbocycles. The highest BCUT2D eigenvalue weighted by atomic mass is 32.1. The van der Waals surface area contributed by atoms with E-state index in [0.717, 1.165) is 19.6 Å². The second-order valence-corrected chi connectivity index (χ2v) is 3.74. The number of hydrogen-bond donors (Lipinski definition) is 0. The molecule has 0 radical (unpaired) electrons. The standard InChI is InChI=1S/C12H13NOS/c15-12-13(8-4-10-14-12)9-7-11-5-2-1-3-6-11/h1-3,5-7,9H,4,8,10H2/b9-7+. The molecular weight excluding hydrogens is 206 g/mol. The van der Waals surface area contributed by atoms with Gasteiger partial charge in [0.15, 0.2) is 0 Å². The van der Waals surface area contributed by atoms with E-state index >= 15 is 0 Å². The lowest BCUT2D eigenvalue weighted by molar-refractivity contribution is 0.213. The zero-order valence-electron chi connectivity index (χ0n) is 8.43. The van der Waals surface area contributed by atoms with Crippen LogP contribution < -0.4 is 0 Å². The Kier molecular flexibility index (Phi) is 3.35. The van der Waals surface area contributed by atoms with Crippen molar-refractivity contribution in [3.05, 3.63) is 42.1 Å². The Balaban J connectivity index is 2.01. The molecule has 0 aliphatic carbocycles. The van der Waals surface area contributed by atoms with Crippen LogP contribution in [0.2, 0.25) is 0 Å². The topological polar surface area (TPSA) is 12.5 Å². The van der Waals surface area contributed by atoms with E-state index in [9.17, 15) is 0 Å². The zero-order chi connectivity index (χ0) is 10.5. The average Bonchev–Trinajstić information content (AvgIpc) is 2.29. The first-order chi connectivity index (χ1) is 7.36. The summed E-state index contributed by atoms with van der Waals surface area (Å²) in [5.41, 5.74) is 1.17. The third-order valence-electron chi connectivity index (χ3n) is 2.25. The van der Waals surface area contributed by atoms with Gasteiger partial charge in [-0.1, -0.05) is 30.3 Å². The Morgan fingerprint density at radius 2 is 2.07 bits per heavy atom. The van der Waals surface area contributed by atoms with Crippen LogP contribution >= 0.6 is 12.2 Å². The maximum absolute atomic E-state index is 5.28. The SMILES string of the molecule is S=C1OCCCN1/C=C/c1ccccc1. The van der Waals surface area contributed by atoms with Gasteiger partial charge in [-0.3, -0.25) is 0 Å². The van der Waals surface area contributed by atoms with E-state index in [1.54, 1.807) is 0 Å². The van der Waals surface area contributed by atoms with Crippen LogP contribution in [0.5, 0.6) is 0 Å². The Morgan fingerprint density at radius 1 is 1.27 bits per heavy atom. The van der Waals surface area contributed by atoms with Gasteiger partial charge < -0.3 is 9.64 Å². The minimum absolute atomic E-state index is 0.577. The molecule has 1 aliphatic heterocycles. The largest absolute Gasteiger partial charge is 0.471 e. The summed E-state index contributed by atoms with van der Waals surface area (Å²) in [5.74, 6) is 0. The minimum atomic E-state index is 0.577. The first kappa shape index (κ1) is 10.2. The Labute approximate surface area is 95.2 Å². The summed E-state index contributed by atoms with van der Waals surface area (Å²) in [5, 5.41) is 0.577. The summed E-state index contributed by atoms with van der Waals surface area (Å²) in [6.07, 6.45) is 5.05. The highest BCUT2D eigenvalue weighted by Crippen LogP contribution is 2.08. The van der Waals surface area contributed by atoms with Crippen LogP contribution in [0.25, 0.3) is 6.08 Å². The average molecular weight is 219 g/mol. The lowest BCUT2D eigenvalue weighted by Crippen LogP contribution is -2.33. The summed E-state index contributed by atoms with van der Waals surface area (Å²) < 4.78 is 5.28. The highest BCUT2D eigenvalue weighted by molar-refractivity contribution is 7.80. The summed E-state index contributed by atoms with van der Waals surface area (Å²) in [7, 11) is 0. The number of rotatable bonds is 2. The van der Waals surface area contributed by atoms with Gasteiger partial charge in [-0.05, 0) is 30.3 Å². The number of ether oxygens (including phenoxy) is 1. The summed E-state index contributed by atoms with van der Waals surface area (Å²) in [6.45, 7) is 1.69. The van der Waals surface area contributed by atoms with E-state index in [1.807, 2.05) is 35.4 Å². The van der Waals surface area contributed by atoms with Crippen molar-refractivity contribution in [2.24, 2.45) is 0 Å². The Bertz CT molecular complexity index is 361. The van der Waals surface area contributed by atoms with Crippen LogP contribution in [0.4, 0.5) is 0 Å². The van der Waals surface area contributed by atoms with E-state index < -0.39 is 0 Å². The number of thiocarbonyl (C=S) groups is 1. The summed E-state index contributed by atoms with van der Waals surface area (Å²) >= 11 is 5.09. The fourth-order valence-electron chi connectivity index (χ4n) is 1.44. The molecule has 1 fully saturated rings. The van der Waals surface area contributed by atoms with Crippen molar-refractivity contribution in [1.82, 2.24) is 4.90 Å². The molecule has 0 amide bonds. The van der Waals surface area contributed by atoms with Crippen LogP contribution in [-0.2, 0) is 4.74 Å². The van der Waals surface area contributed by atoms with Gasteiger partial charge in [0, 0.05) is 12.7 Å². The van der Waals surface area contributed by atoms with Crippen LogP contribution in [0, 0.1) is 0 Å². The second kappa shape index (κ2) is 4.94. The van der Waals surface area contributed by atoms with E-state index in [4.69, 9.17) is 17.0 Å². The van der Waals surface area contributed by atoms with E-state index in [1.165, 1.54) is 5.56 Å². The molecule has 2 nitrogen and oxygen atoms in total. The van der Waals surface area contributed by atoms with Gasteiger partial charge in [-0.2, -0.15) is 0 Å². The highest BCUT2D eigenvalue weighted by Gasteiger charge is 2.12. The molecule has 78 valence electrons. The van der Waals surface area contributed by atoms with Crippen molar-refractivity contribution in [1.29, 1.82) is 0 Å². The number of nitrogens with zero attached hydrogens (tertiary/aromatic N) is 1. The van der Waals surface area contributed by atoms with Crippen LogP contribution in [0.1, 0.15) is 12.0 Å². The smallest absolute Gasteiger partial charge is 0.263 e. The third-order valence-corrected chi connectivity index (χ3v) is 2.60. The molecular formula is C12H13NOS. The maximum Gasteiger partial charge on any atom is 0.263 e. The molecule has 1 heterocycles. The Hall–Kier alpha value is -1.35. The molecule has 0 bridgehead atoms. The predicted octanol–water partition coefficient (Wildman–Crippen LogP) is 2.66. The van der Waals surface area contributed by atoms with Crippen LogP contribution in [-0.4, -0.2) is 23.2 Å². The van der Waals surface area contributed by atoms with Crippen LogP contribution in [0.3, 0.4) is 0 Å². The minimum Gasteiger partial charge on any atom is -0.471 e. The van der Waals surface area contributed by atoms with Gasteiger partial charge in [-0.15, -0.1) is 0 Å². The van der Waals surface area contributed by atoms with Gasteiger partial charge in [-0.25, -0.2) is 0 Å². The molecule has 0 saturated carbocycles. The molecule has 3 heteroatoms. The van der Waals surface area contributed by atoms with Crippen molar-refractivity contribution < 1.29 is 4.74 Å².